The molecule has 0 spiro atoms. The molecule has 2 atom stereocenters. The molecular formula is C11H20N2O2. The molecule has 86 valence electrons. The third-order valence-corrected chi connectivity index (χ3v) is 3.72. The maximum absolute atomic E-state index is 11.1. The second-order valence-corrected chi connectivity index (χ2v) is 4.64. The second-order valence-electron chi connectivity index (χ2n) is 4.64. The minimum absolute atomic E-state index is 0.105. The summed E-state index contributed by atoms with van der Waals surface area (Å²) >= 11 is 0. The highest BCUT2D eigenvalue weighted by Gasteiger charge is 2.31. The average Bonchev–Trinajstić information content (AvgIpc) is 2.30. The second kappa shape index (κ2) is 4.94. The number of carbonyl (C=O) groups excluding carboxylic acids is 1. The smallest absolute Gasteiger partial charge is 0.234 e. The molecule has 2 rings (SSSR count). The maximum atomic E-state index is 11.1. The summed E-state index contributed by atoms with van der Waals surface area (Å²) in [6.45, 7) is 2.70. The molecule has 2 fully saturated rings. The van der Waals surface area contributed by atoms with Crippen molar-refractivity contribution in [3.8, 4) is 0 Å². The zero-order valence-corrected chi connectivity index (χ0v) is 9.08. The lowest BCUT2D eigenvalue weighted by molar-refractivity contribution is -0.121. The molecule has 2 unspecified atom stereocenters. The van der Waals surface area contributed by atoms with Crippen molar-refractivity contribution in [1.82, 2.24) is 5.32 Å². The lowest BCUT2D eigenvalue weighted by atomic mass is 9.78. The van der Waals surface area contributed by atoms with E-state index in [1.165, 1.54) is 6.42 Å². The Bertz CT molecular complexity index is 227. The van der Waals surface area contributed by atoms with Crippen LogP contribution in [0, 0.1) is 11.8 Å². The van der Waals surface area contributed by atoms with E-state index in [4.69, 9.17) is 10.5 Å². The van der Waals surface area contributed by atoms with Gasteiger partial charge in [0.15, 0.2) is 0 Å². The molecular weight excluding hydrogens is 192 g/mol. The van der Waals surface area contributed by atoms with Crippen molar-refractivity contribution < 1.29 is 9.53 Å². The molecule has 2 heterocycles. The molecule has 0 radical (unpaired) electrons. The van der Waals surface area contributed by atoms with Crippen LogP contribution in [0.3, 0.4) is 0 Å². The van der Waals surface area contributed by atoms with Crippen LogP contribution in [0.5, 0.6) is 0 Å². The van der Waals surface area contributed by atoms with Gasteiger partial charge in [-0.25, -0.2) is 0 Å². The van der Waals surface area contributed by atoms with Crippen LogP contribution >= 0.6 is 0 Å². The zero-order valence-electron chi connectivity index (χ0n) is 9.08. The van der Waals surface area contributed by atoms with E-state index in [-0.39, 0.29) is 11.9 Å². The van der Waals surface area contributed by atoms with Gasteiger partial charge in [0.05, 0.1) is 6.04 Å². The summed E-state index contributed by atoms with van der Waals surface area (Å²) in [4.78, 5) is 11.1. The molecule has 0 aliphatic carbocycles. The number of carbonyl (C=O) groups is 1. The minimum Gasteiger partial charge on any atom is -0.381 e. The van der Waals surface area contributed by atoms with E-state index in [1.54, 1.807) is 0 Å². The molecule has 4 heteroatoms. The van der Waals surface area contributed by atoms with Gasteiger partial charge >= 0.3 is 0 Å². The highest BCUT2D eigenvalue weighted by molar-refractivity contribution is 5.79. The van der Waals surface area contributed by atoms with Crippen molar-refractivity contribution in [1.29, 1.82) is 0 Å². The Morgan fingerprint density at radius 1 is 1.20 bits per heavy atom. The first-order valence-corrected chi connectivity index (χ1v) is 5.88. The topological polar surface area (TPSA) is 64.4 Å². The van der Waals surface area contributed by atoms with E-state index in [2.05, 4.69) is 5.32 Å². The Hall–Kier alpha value is -0.610. The Morgan fingerprint density at radius 3 is 2.60 bits per heavy atom. The average molecular weight is 212 g/mol. The van der Waals surface area contributed by atoms with E-state index in [9.17, 15) is 4.79 Å². The van der Waals surface area contributed by atoms with Gasteiger partial charge in [-0.2, -0.15) is 0 Å². The molecule has 0 aromatic carbocycles. The number of ether oxygens (including phenoxy) is 1. The summed E-state index contributed by atoms with van der Waals surface area (Å²) in [6, 6.07) is -0.105. The summed E-state index contributed by atoms with van der Waals surface area (Å²) < 4.78 is 5.36. The van der Waals surface area contributed by atoms with Crippen molar-refractivity contribution in [2.45, 2.75) is 31.7 Å². The van der Waals surface area contributed by atoms with Crippen molar-refractivity contribution in [2.24, 2.45) is 17.6 Å². The fourth-order valence-corrected chi connectivity index (χ4v) is 2.78. The number of nitrogens with one attached hydrogen (secondary N) is 1. The Balaban J connectivity index is 1.88. The van der Waals surface area contributed by atoms with E-state index in [1.807, 2.05) is 0 Å². The van der Waals surface area contributed by atoms with Crippen LogP contribution in [0.4, 0.5) is 0 Å². The first kappa shape index (κ1) is 10.9. The number of amides is 1. The summed E-state index contributed by atoms with van der Waals surface area (Å²) in [5.41, 5.74) is 5.33. The quantitative estimate of drug-likeness (QED) is 0.690. The molecule has 0 aromatic rings. The predicted octanol–water partition coefficient (Wildman–Crippen LogP) is 0.266. The van der Waals surface area contributed by atoms with Crippen molar-refractivity contribution >= 4 is 5.91 Å². The molecule has 4 nitrogen and oxygen atoms in total. The van der Waals surface area contributed by atoms with Gasteiger partial charge < -0.3 is 15.8 Å². The van der Waals surface area contributed by atoms with E-state index in [0.29, 0.717) is 5.92 Å². The van der Waals surface area contributed by atoms with Gasteiger partial charge in [-0.15, -0.1) is 0 Å². The van der Waals surface area contributed by atoms with Crippen molar-refractivity contribution in [3.05, 3.63) is 0 Å². The first-order chi connectivity index (χ1) is 7.27. The highest BCUT2D eigenvalue weighted by atomic mass is 16.5. The third-order valence-electron chi connectivity index (χ3n) is 3.72. The summed E-state index contributed by atoms with van der Waals surface area (Å²) in [7, 11) is 0. The number of hydrogen-bond acceptors (Lipinski definition) is 3. The molecule has 0 bridgehead atoms. The molecule has 2 aliphatic heterocycles. The molecule has 2 saturated heterocycles. The summed E-state index contributed by atoms with van der Waals surface area (Å²) in [6.07, 6.45) is 4.39. The minimum atomic E-state index is -0.202. The molecule has 3 N–H and O–H groups in total. The van der Waals surface area contributed by atoms with Gasteiger partial charge in [-0.3, -0.25) is 4.79 Å². The summed E-state index contributed by atoms with van der Waals surface area (Å²) in [5, 5.41) is 3.18. The molecule has 0 saturated carbocycles. The monoisotopic (exact) mass is 212 g/mol. The Labute approximate surface area is 90.5 Å². The molecule has 1 amide bonds. The standard InChI is InChI=1S/C11H20N2O2/c12-11(14)10-7-9(1-4-13-10)8-2-5-15-6-3-8/h8-10,13H,1-7H2,(H2,12,14). The van der Waals surface area contributed by atoms with Crippen LogP contribution in [-0.4, -0.2) is 31.7 Å². The van der Waals surface area contributed by atoms with Crippen molar-refractivity contribution in [3.63, 3.8) is 0 Å². The molecule has 2 aliphatic rings. The lowest BCUT2D eigenvalue weighted by Crippen LogP contribution is -2.48. The van der Waals surface area contributed by atoms with Crippen LogP contribution < -0.4 is 11.1 Å². The number of hydrogen-bond donors (Lipinski definition) is 2. The Morgan fingerprint density at radius 2 is 1.93 bits per heavy atom. The zero-order chi connectivity index (χ0) is 10.7. The van der Waals surface area contributed by atoms with Gasteiger partial charge in [0, 0.05) is 13.2 Å². The number of primary amides is 1. The lowest BCUT2D eigenvalue weighted by Gasteiger charge is -2.35. The van der Waals surface area contributed by atoms with Gasteiger partial charge in [0.25, 0.3) is 0 Å². The van der Waals surface area contributed by atoms with E-state index >= 15 is 0 Å². The van der Waals surface area contributed by atoms with Gasteiger partial charge in [-0.05, 0) is 44.1 Å². The fraction of sp³-hybridized carbons (Fsp3) is 0.909. The van der Waals surface area contributed by atoms with Gasteiger partial charge in [-0.1, -0.05) is 0 Å². The van der Waals surface area contributed by atoms with E-state index in [0.717, 1.165) is 44.9 Å². The van der Waals surface area contributed by atoms with Gasteiger partial charge in [0.2, 0.25) is 5.91 Å². The number of nitrogens with two attached hydrogens (primary N) is 1. The molecule has 15 heavy (non-hydrogen) atoms. The van der Waals surface area contributed by atoms with Crippen LogP contribution in [0.2, 0.25) is 0 Å². The largest absolute Gasteiger partial charge is 0.381 e. The van der Waals surface area contributed by atoms with Crippen LogP contribution in [0.1, 0.15) is 25.7 Å². The highest BCUT2D eigenvalue weighted by Crippen LogP contribution is 2.31. The predicted molar refractivity (Wildman–Crippen MR) is 57.3 cm³/mol. The van der Waals surface area contributed by atoms with Crippen LogP contribution in [-0.2, 0) is 9.53 Å². The third kappa shape index (κ3) is 2.69. The SMILES string of the molecule is NC(=O)C1CC(C2CCOCC2)CCN1. The Kier molecular flexibility index (Phi) is 3.59. The van der Waals surface area contributed by atoms with Gasteiger partial charge in [0.1, 0.15) is 0 Å². The van der Waals surface area contributed by atoms with Crippen LogP contribution in [0.25, 0.3) is 0 Å². The summed E-state index contributed by atoms with van der Waals surface area (Å²) in [5.74, 6) is 1.20. The fourth-order valence-electron chi connectivity index (χ4n) is 2.78. The number of piperidine rings is 1. The first-order valence-electron chi connectivity index (χ1n) is 5.88. The molecule has 0 aromatic heterocycles. The maximum Gasteiger partial charge on any atom is 0.234 e. The van der Waals surface area contributed by atoms with E-state index < -0.39 is 0 Å². The normalized spacial score (nSPS) is 33.9. The van der Waals surface area contributed by atoms with Crippen molar-refractivity contribution in [2.75, 3.05) is 19.8 Å². The number of rotatable bonds is 2. The van der Waals surface area contributed by atoms with Crippen LogP contribution in [0.15, 0.2) is 0 Å².